The number of aliphatic carboxylic acids is 2. The number of carbonyl (C=O) groups is 2. The first-order valence-corrected chi connectivity index (χ1v) is 5.01. The van der Waals surface area contributed by atoms with Crippen LogP contribution in [0.15, 0.2) is 0 Å². The van der Waals surface area contributed by atoms with Gasteiger partial charge in [0.15, 0.2) is 0 Å². The maximum Gasteiger partial charge on any atom is 0.317 e. The fourth-order valence-electron chi connectivity index (χ4n) is 0.609. The molecule has 0 aliphatic rings. The van der Waals surface area contributed by atoms with Gasteiger partial charge in [0.1, 0.15) is 8.78 Å². The van der Waals surface area contributed by atoms with Gasteiger partial charge in [-0.05, 0) is 6.42 Å². The van der Waals surface area contributed by atoms with Gasteiger partial charge < -0.3 is 10.2 Å². The number of hydrogen-bond donors (Lipinski definition) is 3. The van der Waals surface area contributed by atoms with Gasteiger partial charge in [0, 0.05) is 6.42 Å². The monoisotopic (exact) mass is 240 g/mol. The molecule has 0 aliphatic carbocycles. The SMILES string of the molecule is O=C(O)CCC(SC(=S)S)C(=O)O. The Hall–Kier alpha value is -0.270. The van der Waals surface area contributed by atoms with Crippen molar-refractivity contribution in [1.82, 2.24) is 0 Å². The van der Waals surface area contributed by atoms with Crippen LogP contribution in [-0.2, 0) is 9.59 Å². The minimum absolute atomic E-state index is 0.0516. The molecule has 4 nitrogen and oxygen atoms in total. The van der Waals surface area contributed by atoms with Crippen LogP contribution in [0.25, 0.3) is 0 Å². The van der Waals surface area contributed by atoms with Crippen molar-refractivity contribution in [3.63, 3.8) is 0 Å². The molecule has 0 rings (SSSR count). The number of thiocarbonyl (C=S) groups is 1. The number of thioether (sulfide) groups is 1. The van der Waals surface area contributed by atoms with Crippen molar-refractivity contribution in [2.24, 2.45) is 0 Å². The Morgan fingerprint density at radius 2 is 2.00 bits per heavy atom. The number of hydrogen-bond acceptors (Lipinski definition) is 4. The Labute approximate surface area is 90.1 Å². The molecular weight excluding hydrogens is 232 g/mol. The molecule has 0 radical (unpaired) electrons. The Bertz CT molecular complexity index is 228. The van der Waals surface area contributed by atoms with Crippen LogP contribution >= 0.6 is 36.6 Å². The standard InChI is InChI=1S/C6H8O4S3/c7-4(8)2-1-3(5(9)10)13-6(11)12/h3H,1-2H2,(H,7,8)(H,9,10)(H,11,12). The highest BCUT2D eigenvalue weighted by atomic mass is 32.2. The average molecular weight is 240 g/mol. The molecule has 0 spiro atoms. The lowest BCUT2D eigenvalue weighted by Gasteiger charge is -2.08. The highest BCUT2D eigenvalue weighted by Crippen LogP contribution is 2.20. The summed E-state index contributed by atoms with van der Waals surface area (Å²) in [6.07, 6.45) is -0.129. The van der Waals surface area contributed by atoms with Crippen molar-refractivity contribution in [3.8, 4) is 0 Å². The van der Waals surface area contributed by atoms with E-state index in [1.807, 2.05) is 0 Å². The van der Waals surface area contributed by atoms with E-state index in [9.17, 15) is 9.59 Å². The van der Waals surface area contributed by atoms with Crippen molar-refractivity contribution in [3.05, 3.63) is 0 Å². The zero-order valence-corrected chi connectivity index (χ0v) is 8.99. The summed E-state index contributed by atoms with van der Waals surface area (Å²) in [5.74, 6) is -2.08. The summed E-state index contributed by atoms with van der Waals surface area (Å²) in [5, 5.41) is 16.1. The maximum atomic E-state index is 10.5. The number of carboxylic acid groups (broad SMARTS) is 2. The van der Waals surface area contributed by atoms with Gasteiger partial charge in [-0.25, -0.2) is 0 Å². The number of thiol groups is 1. The number of carboxylic acids is 2. The molecule has 0 aromatic rings. The van der Waals surface area contributed by atoms with Gasteiger partial charge in [-0.2, -0.15) is 0 Å². The molecule has 0 saturated carbocycles. The molecule has 7 heteroatoms. The van der Waals surface area contributed by atoms with E-state index in [0.29, 0.717) is 0 Å². The van der Waals surface area contributed by atoms with Crippen LogP contribution in [0, 0.1) is 0 Å². The predicted octanol–water partition coefficient (Wildman–Crippen LogP) is 1.25. The first-order chi connectivity index (χ1) is 5.93. The third-order valence-corrected chi connectivity index (χ3v) is 2.67. The minimum Gasteiger partial charge on any atom is -0.481 e. The van der Waals surface area contributed by atoms with Crippen LogP contribution in [-0.4, -0.2) is 30.9 Å². The summed E-state index contributed by atoms with van der Waals surface area (Å²) in [6.45, 7) is 0. The molecule has 1 unspecified atom stereocenters. The van der Waals surface area contributed by atoms with Crippen molar-refractivity contribution < 1.29 is 19.8 Å². The molecule has 13 heavy (non-hydrogen) atoms. The normalized spacial score (nSPS) is 12.1. The fraction of sp³-hybridized carbons (Fsp3) is 0.500. The van der Waals surface area contributed by atoms with E-state index in [0.717, 1.165) is 11.8 Å². The van der Waals surface area contributed by atoms with E-state index in [1.165, 1.54) is 0 Å². The second-order valence-electron chi connectivity index (χ2n) is 2.14. The van der Waals surface area contributed by atoms with Crippen molar-refractivity contribution in [2.45, 2.75) is 18.1 Å². The maximum absolute atomic E-state index is 10.5. The highest BCUT2D eigenvalue weighted by Gasteiger charge is 2.19. The van der Waals surface area contributed by atoms with Crippen molar-refractivity contribution in [1.29, 1.82) is 0 Å². The summed E-state index contributed by atoms with van der Waals surface area (Å²) < 4.78 is 0.206. The van der Waals surface area contributed by atoms with E-state index in [1.54, 1.807) is 0 Å². The lowest BCUT2D eigenvalue weighted by atomic mass is 10.2. The average Bonchev–Trinajstić information content (AvgIpc) is 1.96. The van der Waals surface area contributed by atoms with Crippen LogP contribution in [0.5, 0.6) is 0 Å². The molecule has 1 atom stereocenters. The predicted molar refractivity (Wildman–Crippen MR) is 57.5 cm³/mol. The van der Waals surface area contributed by atoms with Crippen molar-refractivity contribution in [2.75, 3.05) is 0 Å². The minimum atomic E-state index is -1.07. The quantitative estimate of drug-likeness (QED) is 0.496. The fourth-order valence-corrected chi connectivity index (χ4v) is 1.92. The lowest BCUT2D eigenvalue weighted by molar-refractivity contribution is -0.138. The molecule has 0 aliphatic heterocycles. The Kier molecular flexibility index (Phi) is 6.10. The van der Waals surface area contributed by atoms with Gasteiger partial charge >= 0.3 is 11.9 Å². The Balaban J connectivity index is 4.02. The summed E-state index contributed by atoms with van der Waals surface area (Å²) in [4.78, 5) is 20.7. The van der Waals surface area contributed by atoms with Gasteiger partial charge in [-0.1, -0.05) is 24.0 Å². The van der Waals surface area contributed by atoms with E-state index in [4.69, 9.17) is 10.2 Å². The third kappa shape index (κ3) is 6.85. The Morgan fingerprint density at radius 3 is 2.31 bits per heavy atom. The van der Waals surface area contributed by atoms with Gasteiger partial charge in [0.2, 0.25) is 0 Å². The second-order valence-corrected chi connectivity index (χ2v) is 5.08. The van der Waals surface area contributed by atoms with Crippen LogP contribution in [0.2, 0.25) is 0 Å². The molecule has 0 heterocycles. The molecule has 0 aromatic carbocycles. The summed E-state index contributed by atoms with van der Waals surface area (Å²) >= 11 is 9.23. The molecule has 0 saturated heterocycles. The molecule has 74 valence electrons. The summed E-state index contributed by atoms with van der Waals surface area (Å²) in [6, 6.07) is 0. The topological polar surface area (TPSA) is 74.6 Å². The van der Waals surface area contributed by atoms with E-state index in [2.05, 4.69) is 24.8 Å². The smallest absolute Gasteiger partial charge is 0.317 e. The van der Waals surface area contributed by atoms with Gasteiger partial charge in [0.05, 0.1) is 0 Å². The molecule has 0 bridgehead atoms. The van der Waals surface area contributed by atoms with Crippen LogP contribution in [0.1, 0.15) is 12.8 Å². The molecule has 0 aromatic heterocycles. The Morgan fingerprint density at radius 1 is 1.46 bits per heavy atom. The zero-order chi connectivity index (χ0) is 10.4. The third-order valence-electron chi connectivity index (χ3n) is 1.14. The first-order valence-electron chi connectivity index (χ1n) is 3.27. The van der Waals surface area contributed by atoms with Gasteiger partial charge in [0.25, 0.3) is 0 Å². The van der Waals surface area contributed by atoms with E-state index >= 15 is 0 Å². The van der Waals surface area contributed by atoms with Crippen LogP contribution < -0.4 is 0 Å². The van der Waals surface area contributed by atoms with Gasteiger partial charge in [-0.3, -0.25) is 9.59 Å². The molecule has 0 fully saturated rings. The van der Waals surface area contributed by atoms with Crippen molar-refractivity contribution >= 4 is 52.1 Å². The lowest BCUT2D eigenvalue weighted by Crippen LogP contribution is -2.18. The molecular formula is C6H8O4S3. The zero-order valence-electron chi connectivity index (χ0n) is 6.47. The molecule has 0 amide bonds. The van der Waals surface area contributed by atoms with E-state index in [-0.39, 0.29) is 16.4 Å². The van der Waals surface area contributed by atoms with E-state index < -0.39 is 17.2 Å². The first kappa shape index (κ1) is 12.7. The number of rotatable bonds is 5. The highest BCUT2D eigenvalue weighted by molar-refractivity contribution is 8.42. The molecule has 2 N–H and O–H groups in total. The summed E-state index contributed by atoms with van der Waals surface area (Å²) in [5.41, 5.74) is 0. The van der Waals surface area contributed by atoms with Gasteiger partial charge in [-0.15, -0.1) is 12.6 Å². The second kappa shape index (κ2) is 6.22. The summed E-state index contributed by atoms with van der Waals surface area (Å²) in [7, 11) is 0. The van der Waals surface area contributed by atoms with Crippen LogP contribution in [0.3, 0.4) is 0 Å². The largest absolute Gasteiger partial charge is 0.481 e. The van der Waals surface area contributed by atoms with Crippen LogP contribution in [0.4, 0.5) is 0 Å².